The Labute approximate surface area is 105 Å². The summed E-state index contributed by atoms with van der Waals surface area (Å²) in [5.74, 6) is 0.117. The standard InChI is InChI=1S/C11H6N2O6/c14-6-8-2-4-11(19-8)9-3-1-7(12(15)16)5-10(9)13(17)18/h1-6H. The molecule has 0 atom stereocenters. The number of benzene rings is 1. The molecule has 0 bridgehead atoms. The first-order valence-electron chi connectivity index (χ1n) is 5.01. The Kier molecular flexibility index (Phi) is 3.06. The lowest BCUT2D eigenvalue weighted by molar-refractivity contribution is -0.393. The number of hydrogen-bond donors (Lipinski definition) is 0. The molecular formula is C11H6N2O6. The molecule has 0 N–H and O–H groups in total. The molecule has 2 aromatic rings. The third-order valence-electron chi connectivity index (χ3n) is 2.40. The molecule has 8 nitrogen and oxygen atoms in total. The molecule has 0 saturated heterocycles. The highest BCUT2D eigenvalue weighted by atomic mass is 16.6. The van der Waals surface area contributed by atoms with Crippen LogP contribution in [0.3, 0.4) is 0 Å². The van der Waals surface area contributed by atoms with Crippen LogP contribution in [0.1, 0.15) is 10.6 Å². The van der Waals surface area contributed by atoms with Gasteiger partial charge in [0.1, 0.15) is 5.76 Å². The van der Waals surface area contributed by atoms with E-state index in [2.05, 4.69) is 0 Å². The lowest BCUT2D eigenvalue weighted by Gasteiger charge is -1.99. The van der Waals surface area contributed by atoms with E-state index in [1.54, 1.807) is 0 Å². The fraction of sp³-hybridized carbons (Fsp3) is 0. The summed E-state index contributed by atoms with van der Waals surface area (Å²) in [4.78, 5) is 30.5. The van der Waals surface area contributed by atoms with Gasteiger partial charge in [-0.15, -0.1) is 0 Å². The first-order chi connectivity index (χ1) is 9.02. The van der Waals surface area contributed by atoms with Gasteiger partial charge in [0.15, 0.2) is 12.0 Å². The van der Waals surface area contributed by atoms with E-state index in [0.29, 0.717) is 6.29 Å². The summed E-state index contributed by atoms with van der Waals surface area (Å²) < 4.78 is 5.07. The van der Waals surface area contributed by atoms with Crippen LogP contribution in [0.15, 0.2) is 34.7 Å². The highest BCUT2D eigenvalue weighted by Gasteiger charge is 2.22. The lowest BCUT2D eigenvalue weighted by Crippen LogP contribution is -1.94. The summed E-state index contributed by atoms with van der Waals surface area (Å²) in [7, 11) is 0. The van der Waals surface area contributed by atoms with Gasteiger partial charge in [0.2, 0.25) is 0 Å². The minimum absolute atomic E-state index is 0.0163. The topological polar surface area (TPSA) is 116 Å². The average molecular weight is 262 g/mol. The second-order valence-electron chi connectivity index (χ2n) is 3.54. The summed E-state index contributed by atoms with van der Waals surface area (Å²) >= 11 is 0. The van der Waals surface area contributed by atoms with Crippen LogP contribution < -0.4 is 0 Å². The van der Waals surface area contributed by atoms with Gasteiger partial charge in [-0.05, 0) is 18.2 Å². The molecule has 1 aromatic carbocycles. The van der Waals surface area contributed by atoms with Crippen LogP contribution in [0.25, 0.3) is 11.3 Å². The number of carbonyl (C=O) groups excluding carboxylic acids is 1. The van der Waals surface area contributed by atoms with Gasteiger partial charge in [-0.25, -0.2) is 0 Å². The number of nitro groups is 2. The minimum Gasteiger partial charge on any atom is -0.453 e. The van der Waals surface area contributed by atoms with Gasteiger partial charge < -0.3 is 4.42 Å². The molecular weight excluding hydrogens is 256 g/mol. The lowest BCUT2D eigenvalue weighted by atomic mass is 10.1. The Hall–Kier alpha value is -3.03. The second kappa shape index (κ2) is 4.69. The van der Waals surface area contributed by atoms with Crippen molar-refractivity contribution in [2.45, 2.75) is 0 Å². The molecule has 8 heteroatoms. The number of hydrogen-bond acceptors (Lipinski definition) is 6. The van der Waals surface area contributed by atoms with E-state index in [4.69, 9.17) is 4.42 Å². The predicted octanol–water partition coefficient (Wildman–Crippen LogP) is 2.58. The van der Waals surface area contributed by atoms with Crippen molar-refractivity contribution in [2.75, 3.05) is 0 Å². The van der Waals surface area contributed by atoms with E-state index < -0.39 is 21.2 Å². The molecule has 0 spiro atoms. The highest BCUT2D eigenvalue weighted by Crippen LogP contribution is 2.33. The van der Waals surface area contributed by atoms with E-state index in [9.17, 15) is 25.0 Å². The number of non-ortho nitro benzene ring substituents is 1. The molecule has 0 saturated carbocycles. The SMILES string of the molecule is O=Cc1ccc(-c2ccc([N+](=O)[O-])cc2[N+](=O)[O-])o1. The molecule has 0 aliphatic carbocycles. The van der Waals surface area contributed by atoms with Crippen molar-refractivity contribution in [3.8, 4) is 11.3 Å². The monoisotopic (exact) mass is 262 g/mol. The van der Waals surface area contributed by atoms with Gasteiger partial charge >= 0.3 is 0 Å². The summed E-state index contributed by atoms with van der Waals surface area (Å²) in [6, 6.07) is 5.93. The van der Waals surface area contributed by atoms with Crippen molar-refractivity contribution in [1.82, 2.24) is 0 Å². The number of nitrogens with zero attached hydrogens (tertiary/aromatic N) is 2. The Morgan fingerprint density at radius 3 is 2.32 bits per heavy atom. The van der Waals surface area contributed by atoms with Crippen LogP contribution in [-0.2, 0) is 0 Å². The first-order valence-corrected chi connectivity index (χ1v) is 5.01. The number of aldehydes is 1. The normalized spacial score (nSPS) is 10.1. The van der Waals surface area contributed by atoms with E-state index in [1.165, 1.54) is 18.2 Å². The van der Waals surface area contributed by atoms with Crippen LogP contribution in [0.2, 0.25) is 0 Å². The molecule has 0 aliphatic rings. The number of carbonyl (C=O) groups is 1. The Bertz CT molecular complexity index is 676. The summed E-state index contributed by atoms with van der Waals surface area (Å²) in [5.41, 5.74) is -0.776. The third-order valence-corrected chi connectivity index (χ3v) is 2.40. The molecule has 0 fully saturated rings. The fourth-order valence-electron chi connectivity index (χ4n) is 1.55. The van der Waals surface area contributed by atoms with Gasteiger partial charge in [0.25, 0.3) is 11.4 Å². The van der Waals surface area contributed by atoms with Crippen molar-refractivity contribution in [3.63, 3.8) is 0 Å². The van der Waals surface area contributed by atoms with Crippen molar-refractivity contribution in [2.24, 2.45) is 0 Å². The summed E-state index contributed by atoms with van der Waals surface area (Å²) in [6.45, 7) is 0. The minimum atomic E-state index is -0.745. The zero-order valence-electron chi connectivity index (χ0n) is 9.31. The zero-order chi connectivity index (χ0) is 14.0. The molecule has 19 heavy (non-hydrogen) atoms. The molecule has 1 aromatic heterocycles. The molecule has 0 radical (unpaired) electrons. The van der Waals surface area contributed by atoms with Crippen molar-refractivity contribution >= 4 is 17.7 Å². The van der Waals surface area contributed by atoms with Gasteiger partial charge in [0, 0.05) is 6.07 Å². The number of rotatable bonds is 4. The molecule has 1 heterocycles. The second-order valence-corrected chi connectivity index (χ2v) is 3.54. The van der Waals surface area contributed by atoms with Crippen LogP contribution in [0.5, 0.6) is 0 Å². The predicted molar refractivity (Wildman–Crippen MR) is 62.8 cm³/mol. The van der Waals surface area contributed by atoms with Crippen LogP contribution >= 0.6 is 0 Å². The van der Waals surface area contributed by atoms with Gasteiger partial charge in [-0.2, -0.15) is 0 Å². The van der Waals surface area contributed by atoms with Gasteiger partial charge in [-0.1, -0.05) is 0 Å². The third kappa shape index (κ3) is 2.32. The highest BCUT2D eigenvalue weighted by molar-refractivity contribution is 5.76. The van der Waals surface area contributed by atoms with Crippen LogP contribution in [0.4, 0.5) is 11.4 Å². The summed E-state index contributed by atoms with van der Waals surface area (Å²) in [5, 5.41) is 21.5. The maximum Gasteiger partial charge on any atom is 0.287 e. The first kappa shape index (κ1) is 12.4. The number of nitro benzene ring substituents is 2. The average Bonchev–Trinajstić information content (AvgIpc) is 2.86. The molecule has 0 unspecified atom stereocenters. The molecule has 0 aliphatic heterocycles. The van der Waals surface area contributed by atoms with Crippen molar-refractivity contribution in [1.29, 1.82) is 0 Å². The zero-order valence-corrected chi connectivity index (χ0v) is 9.31. The Balaban J connectivity index is 2.59. The largest absolute Gasteiger partial charge is 0.453 e. The van der Waals surface area contributed by atoms with Gasteiger partial charge in [0.05, 0.1) is 21.5 Å². The van der Waals surface area contributed by atoms with E-state index in [1.807, 2.05) is 0 Å². The fourth-order valence-corrected chi connectivity index (χ4v) is 1.55. The molecule has 96 valence electrons. The molecule has 2 rings (SSSR count). The van der Waals surface area contributed by atoms with E-state index >= 15 is 0 Å². The van der Waals surface area contributed by atoms with Gasteiger partial charge in [-0.3, -0.25) is 25.0 Å². The van der Waals surface area contributed by atoms with Crippen molar-refractivity contribution < 1.29 is 19.1 Å². The maximum absolute atomic E-state index is 10.9. The van der Waals surface area contributed by atoms with Crippen molar-refractivity contribution in [3.05, 3.63) is 56.3 Å². The Morgan fingerprint density at radius 2 is 1.79 bits per heavy atom. The quantitative estimate of drug-likeness (QED) is 0.474. The Morgan fingerprint density at radius 1 is 1.05 bits per heavy atom. The van der Waals surface area contributed by atoms with E-state index in [-0.39, 0.29) is 17.1 Å². The van der Waals surface area contributed by atoms with Crippen LogP contribution in [-0.4, -0.2) is 16.1 Å². The number of furan rings is 1. The molecule has 0 amide bonds. The van der Waals surface area contributed by atoms with Crippen LogP contribution in [0, 0.1) is 20.2 Å². The maximum atomic E-state index is 10.9. The smallest absolute Gasteiger partial charge is 0.287 e. The van der Waals surface area contributed by atoms with E-state index in [0.717, 1.165) is 12.1 Å². The summed E-state index contributed by atoms with van der Waals surface area (Å²) in [6.07, 6.45) is 0.459.